The Morgan fingerprint density at radius 2 is 2.22 bits per heavy atom. The van der Waals surface area contributed by atoms with E-state index >= 15 is 0 Å². The Kier molecular flexibility index (Phi) is 5.20. The average Bonchev–Trinajstić information content (AvgIpc) is 2.54. The molecule has 0 fully saturated rings. The third kappa shape index (κ3) is 4.23. The molecule has 118 valence electrons. The molecule has 1 amide bonds. The van der Waals surface area contributed by atoms with E-state index < -0.39 is 16.4 Å². The van der Waals surface area contributed by atoms with Crippen LogP contribution in [0.1, 0.15) is 16.1 Å². The molecule has 0 saturated heterocycles. The molecule has 10 heteroatoms. The fraction of sp³-hybridized carbons (Fsp3) is 0.0769. The number of rotatable bonds is 5. The number of hydrogen-bond donors (Lipinski definition) is 2. The van der Waals surface area contributed by atoms with Gasteiger partial charge in [0.15, 0.2) is 5.16 Å². The van der Waals surface area contributed by atoms with E-state index in [1.807, 2.05) is 0 Å². The molecule has 0 bridgehead atoms. The number of H-pyrrole nitrogens is 1. The van der Waals surface area contributed by atoms with Crippen LogP contribution >= 0.6 is 11.8 Å². The minimum absolute atomic E-state index is 0.0992. The molecule has 9 nitrogen and oxygen atoms in total. The molecule has 0 aliphatic heterocycles. The predicted octanol–water partition coefficient (Wildman–Crippen LogP) is 1.16. The van der Waals surface area contributed by atoms with Crippen LogP contribution in [-0.4, -0.2) is 33.3 Å². The summed E-state index contributed by atoms with van der Waals surface area (Å²) >= 11 is 1.18. The first-order valence-corrected chi connectivity index (χ1v) is 7.46. The summed E-state index contributed by atoms with van der Waals surface area (Å²) in [6, 6.07) is 6.99. The molecule has 2 aromatic rings. The van der Waals surface area contributed by atoms with Gasteiger partial charge in [-0.05, 0) is 12.3 Å². The van der Waals surface area contributed by atoms with E-state index in [9.17, 15) is 19.7 Å². The second-order valence-corrected chi connectivity index (χ2v) is 4.95. The third-order valence-corrected chi connectivity index (χ3v) is 3.23. The van der Waals surface area contributed by atoms with Crippen LogP contribution in [0.25, 0.3) is 0 Å². The first kappa shape index (κ1) is 16.4. The van der Waals surface area contributed by atoms with E-state index in [4.69, 9.17) is 0 Å². The minimum atomic E-state index is -0.693. The van der Waals surface area contributed by atoms with Gasteiger partial charge < -0.3 is 4.98 Å². The zero-order valence-electron chi connectivity index (χ0n) is 11.8. The van der Waals surface area contributed by atoms with Crippen LogP contribution in [-0.2, 0) is 0 Å². The van der Waals surface area contributed by atoms with E-state index in [1.165, 1.54) is 30.0 Å². The van der Waals surface area contributed by atoms with Crippen LogP contribution < -0.4 is 11.0 Å². The van der Waals surface area contributed by atoms with Gasteiger partial charge in [0.25, 0.3) is 17.2 Å². The molecule has 23 heavy (non-hydrogen) atoms. The number of nitrogens with zero attached hydrogens (tertiary/aromatic N) is 3. The van der Waals surface area contributed by atoms with Gasteiger partial charge in [0.2, 0.25) is 0 Å². The van der Waals surface area contributed by atoms with Gasteiger partial charge >= 0.3 is 0 Å². The molecule has 1 aromatic heterocycles. The Balaban J connectivity index is 2.15. The number of amides is 1. The Morgan fingerprint density at radius 3 is 2.91 bits per heavy atom. The predicted molar refractivity (Wildman–Crippen MR) is 84.8 cm³/mol. The summed E-state index contributed by atoms with van der Waals surface area (Å²) in [4.78, 5) is 40.0. The molecule has 1 heterocycles. The molecule has 0 aliphatic rings. The normalized spacial score (nSPS) is 10.7. The van der Waals surface area contributed by atoms with Gasteiger partial charge in [-0.15, -0.1) is 0 Å². The van der Waals surface area contributed by atoms with Crippen molar-refractivity contribution in [2.75, 3.05) is 6.26 Å². The lowest BCUT2D eigenvalue weighted by molar-refractivity contribution is -0.385. The Hall–Kier alpha value is -3.01. The summed E-state index contributed by atoms with van der Waals surface area (Å²) in [5.41, 5.74) is 1.72. The molecule has 2 rings (SSSR count). The zero-order valence-corrected chi connectivity index (χ0v) is 12.7. The van der Waals surface area contributed by atoms with E-state index in [2.05, 4.69) is 20.5 Å². The van der Waals surface area contributed by atoms with Crippen LogP contribution in [0, 0.1) is 10.1 Å². The quantitative estimate of drug-likeness (QED) is 0.278. The second kappa shape index (κ2) is 7.31. The van der Waals surface area contributed by atoms with Crippen molar-refractivity contribution in [2.45, 2.75) is 5.16 Å². The highest BCUT2D eigenvalue weighted by molar-refractivity contribution is 7.98. The number of benzene rings is 1. The van der Waals surface area contributed by atoms with Crippen LogP contribution in [0.5, 0.6) is 0 Å². The van der Waals surface area contributed by atoms with Crippen LogP contribution in [0.15, 0.2) is 45.4 Å². The number of aromatic amines is 1. The van der Waals surface area contributed by atoms with Gasteiger partial charge in [0.1, 0.15) is 5.69 Å². The molecular weight excluding hydrogens is 322 g/mol. The van der Waals surface area contributed by atoms with Gasteiger partial charge in [-0.3, -0.25) is 19.7 Å². The number of para-hydroxylation sites is 1. The van der Waals surface area contributed by atoms with Gasteiger partial charge in [0, 0.05) is 12.1 Å². The molecule has 0 radical (unpaired) electrons. The molecule has 0 unspecified atom stereocenters. The summed E-state index contributed by atoms with van der Waals surface area (Å²) in [6.07, 6.45) is 2.85. The van der Waals surface area contributed by atoms with Crippen molar-refractivity contribution in [3.05, 3.63) is 62.1 Å². The van der Waals surface area contributed by atoms with Crippen molar-refractivity contribution < 1.29 is 9.72 Å². The maximum Gasteiger partial charge on any atom is 0.290 e. The van der Waals surface area contributed by atoms with Crippen LogP contribution in [0.3, 0.4) is 0 Å². The highest BCUT2D eigenvalue weighted by Crippen LogP contribution is 2.15. The molecule has 0 atom stereocenters. The summed E-state index contributed by atoms with van der Waals surface area (Å²) in [5, 5.41) is 14.8. The monoisotopic (exact) mass is 333 g/mol. The highest BCUT2D eigenvalue weighted by atomic mass is 32.2. The Bertz CT molecular complexity index is 833. The van der Waals surface area contributed by atoms with Crippen molar-refractivity contribution >= 4 is 29.6 Å². The number of hydrogen-bond acceptors (Lipinski definition) is 7. The van der Waals surface area contributed by atoms with Gasteiger partial charge in [-0.25, -0.2) is 10.4 Å². The molecule has 0 spiro atoms. The van der Waals surface area contributed by atoms with Crippen molar-refractivity contribution in [3.8, 4) is 0 Å². The topological polar surface area (TPSA) is 130 Å². The number of carbonyl (C=O) groups excluding carboxylic acids is 1. The third-order valence-electron chi connectivity index (χ3n) is 2.65. The van der Waals surface area contributed by atoms with Gasteiger partial charge in [-0.1, -0.05) is 23.9 Å². The van der Waals surface area contributed by atoms with Crippen LogP contribution in [0.4, 0.5) is 5.69 Å². The SMILES string of the molecule is CSc1nc(C(=O)N/N=C\c2ccccc2[N+](=O)[O-])cc(=O)[nH]1. The number of aromatic nitrogens is 2. The maximum atomic E-state index is 11.9. The van der Waals surface area contributed by atoms with E-state index in [0.717, 1.165) is 12.3 Å². The molecule has 0 aliphatic carbocycles. The van der Waals surface area contributed by atoms with Gasteiger partial charge in [0.05, 0.1) is 16.7 Å². The average molecular weight is 333 g/mol. The van der Waals surface area contributed by atoms with E-state index in [-0.39, 0.29) is 16.9 Å². The summed E-state index contributed by atoms with van der Waals surface area (Å²) in [6.45, 7) is 0. The standard InChI is InChI=1S/C13H11N5O4S/c1-23-13-15-9(6-11(19)16-13)12(20)17-14-7-8-4-2-3-5-10(8)18(21)22/h2-7H,1H3,(H,17,20)(H,15,16,19)/b14-7-. The lowest BCUT2D eigenvalue weighted by Crippen LogP contribution is -2.22. The smallest absolute Gasteiger partial charge is 0.290 e. The Morgan fingerprint density at radius 1 is 1.48 bits per heavy atom. The first-order chi connectivity index (χ1) is 11.0. The summed E-state index contributed by atoms with van der Waals surface area (Å²) < 4.78 is 0. The number of carbonyl (C=O) groups is 1. The minimum Gasteiger partial charge on any atom is -0.301 e. The molecule has 2 N–H and O–H groups in total. The lowest BCUT2D eigenvalue weighted by atomic mass is 10.2. The summed E-state index contributed by atoms with van der Waals surface area (Å²) in [5.74, 6) is -0.693. The molecular formula is C13H11N5O4S. The summed E-state index contributed by atoms with van der Waals surface area (Å²) in [7, 11) is 0. The van der Waals surface area contributed by atoms with Crippen LogP contribution in [0.2, 0.25) is 0 Å². The van der Waals surface area contributed by atoms with E-state index in [0.29, 0.717) is 5.16 Å². The number of nitro groups is 1. The number of nitro benzene ring substituents is 1. The molecule has 0 saturated carbocycles. The highest BCUT2D eigenvalue weighted by Gasteiger charge is 2.11. The largest absolute Gasteiger partial charge is 0.301 e. The number of hydrazone groups is 1. The first-order valence-electron chi connectivity index (χ1n) is 6.23. The van der Waals surface area contributed by atoms with Crippen molar-refractivity contribution in [1.82, 2.24) is 15.4 Å². The van der Waals surface area contributed by atoms with Gasteiger partial charge in [-0.2, -0.15) is 5.10 Å². The van der Waals surface area contributed by atoms with Crippen molar-refractivity contribution in [3.63, 3.8) is 0 Å². The van der Waals surface area contributed by atoms with Crippen molar-refractivity contribution in [1.29, 1.82) is 0 Å². The molecule has 1 aromatic carbocycles. The maximum absolute atomic E-state index is 11.9. The fourth-order valence-electron chi connectivity index (χ4n) is 1.63. The van der Waals surface area contributed by atoms with Crippen molar-refractivity contribution in [2.24, 2.45) is 5.10 Å². The Labute approximate surface area is 134 Å². The number of thioether (sulfide) groups is 1. The fourth-order valence-corrected chi connectivity index (χ4v) is 2.02. The second-order valence-electron chi connectivity index (χ2n) is 4.15. The lowest BCUT2D eigenvalue weighted by Gasteiger charge is -2.01. The zero-order chi connectivity index (χ0) is 16.8. The number of nitrogens with one attached hydrogen (secondary N) is 2. The van der Waals surface area contributed by atoms with E-state index in [1.54, 1.807) is 12.3 Å².